The Kier molecular flexibility index (Phi) is 3.47. The van der Waals surface area contributed by atoms with Crippen LogP contribution in [0.15, 0.2) is 29.1 Å². The van der Waals surface area contributed by atoms with Gasteiger partial charge in [0.15, 0.2) is 0 Å². The average molecular weight is 288 g/mol. The lowest BCUT2D eigenvalue weighted by Gasteiger charge is -2.10. The summed E-state index contributed by atoms with van der Waals surface area (Å²) in [4.78, 5) is 16.2. The van der Waals surface area contributed by atoms with Crippen molar-refractivity contribution in [1.29, 1.82) is 0 Å². The summed E-state index contributed by atoms with van der Waals surface area (Å²) in [5.74, 6) is -2.03. The van der Waals surface area contributed by atoms with Gasteiger partial charge >= 0.3 is 6.18 Å². The highest BCUT2D eigenvalue weighted by atomic mass is 19.4. The quantitative estimate of drug-likeness (QED) is 0.864. The van der Waals surface area contributed by atoms with Crippen LogP contribution in [0.2, 0.25) is 0 Å². The average Bonchev–Trinajstić information content (AvgIpc) is 2.37. The van der Waals surface area contributed by atoms with E-state index in [9.17, 15) is 22.4 Å². The Bertz CT molecular complexity index is 695. The molecule has 0 unspecified atom stereocenters. The van der Waals surface area contributed by atoms with Crippen molar-refractivity contribution in [3.63, 3.8) is 0 Å². The maximum Gasteiger partial charge on any atom is 0.449 e. The summed E-state index contributed by atoms with van der Waals surface area (Å²) in [6, 6.07) is 4.11. The van der Waals surface area contributed by atoms with Crippen LogP contribution in [0.25, 0.3) is 11.3 Å². The van der Waals surface area contributed by atoms with E-state index in [0.717, 1.165) is 18.2 Å². The van der Waals surface area contributed by atoms with Crippen LogP contribution in [0.3, 0.4) is 0 Å². The summed E-state index contributed by atoms with van der Waals surface area (Å²) in [5, 5.41) is 0. The number of rotatable bonds is 2. The molecule has 2 rings (SSSR count). The molecular weight excluding hydrogens is 280 g/mol. The Morgan fingerprint density at radius 2 is 1.95 bits per heavy atom. The number of alkyl halides is 3. The number of ether oxygens (including phenoxy) is 1. The van der Waals surface area contributed by atoms with Crippen LogP contribution in [0.1, 0.15) is 5.82 Å². The second kappa shape index (κ2) is 4.95. The lowest BCUT2D eigenvalue weighted by Crippen LogP contribution is -2.19. The topological polar surface area (TPSA) is 55.0 Å². The first-order valence-electron chi connectivity index (χ1n) is 5.34. The van der Waals surface area contributed by atoms with Gasteiger partial charge in [0.05, 0.1) is 12.8 Å². The molecule has 0 saturated heterocycles. The molecule has 0 spiro atoms. The van der Waals surface area contributed by atoms with Gasteiger partial charge < -0.3 is 9.72 Å². The molecule has 1 aromatic carbocycles. The minimum atomic E-state index is -4.81. The Hall–Kier alpha value is -2.38. The van der Waals surface area contributed by atoms with Gasteiger partial charge in [-0.25, -0.2) is 9.37 Å². The first-order chi connectivity index (χ1) is 9.31. The highest BCUT2D eigenvalue weighted by Gasteiger charge is 2.34. The molecule has 4 nitrogen and oxygen atoms in total. The monoisotopic (exact) mass is 288 g/mol. The number of hydrogen-bond acceptors (Lipinski definition) is 3. The minimum absolute atomic E-state index is 0.0379. The van der Waals surface area contributed by atoms with Gasteiger partial charge in [0.2, 0.25) is 5.82 Å². The van der Waals surface area contributed by atoms with Crippen molar-refractivity contribution >= 4 is 0 Å². The van der Waals surface area contributed by atoms with Gasteiger partial charge in [-0.3, -0.25) is 4.79 Å². The first kappa shape index (κ1) is 14.0. The smallest absolute Gasteiger partial charge is 0.449 e. The molecule has 0 aliphatic heterocycles. The molecule has 2 aromatic rings. The Morgan fingerprint density at radius 1 is 1.25 bits per heavy atom. The number of methoxy groups -OCH3 is 1. The molecule has 1 aromatic heterocycles. The molecule has 0 bridgehead atoms. The Labute approximate surface area is 110 Å². The molecule has 0 aliphatic rings. The van der Waals surface area contributed by atoms with Gasteiger partial charge in [-0.2, -0.15) is 13.2 Å². The predicted octanol–water partition coefficient (Wildman–Crippen LogP) is 2.60. The van der Waals surface area contributed by atoms with E-state index in [1.165, 1.54) is 13.2 Å². The summed E-state index contributed by atoms with van der Waals surface area (Å²) in [7, 11) is 1.27. The molecule has 0 atom stereocenters. The van der Waals surface area contributed by atoms with E-state index in [2.05, 4.69) is 4.98 Å². The van der Waals surface area contributed by atoms with Crippen molar-refractivity contribution in [2.24, 2.45) is 0 Å². The first-order valence-corrected chi connectivity index (χ1v) is 5.34. The summed E-state index contributed by atoms with van der Waals surface area (Å²) in [5.41, 5.74) is -1.35. The standard InChI is InChI=1S/C12H8F4N2O2/c1-20-9-3-2-6(13)4-7(9)8-5-10(19)18-11(17-8)12(14,15)16/h2-5H,1H3,(H,17,18,19). The summed E-state index contributed by atoms with van der Waals surface area (Å²) >= 11 is 0. The van der Waals surface area contributed by atoms with Crippen LogP contribution in [-0.4, -0.2) is 17.1 Å². The lowest BCUT2D eigenvalue weighted by molar-refractivity contribution is -0.145. The van der Waals surface area contributed by atoms with Crippen molar-refractivity contribution in [3.8, 4) is 17.0 Å². The van der Waals surface area contributed by atoms with Crippen LogP contribution in [0.4, 0.5) is 17.6 Å². The Balaban J connectivity index is 2.67. The number of hydrogen-bond donors (Lipinski definition) is 1. The van der Waals surface area contributed by atoms with Crippen molar-refractivity contribution in [1.82, 2.24) is 9.97 Å². The number of aromatic amines is 1. The van der Waals surface area contributed by atoms with Crippen LogP contribution in [0.5, 0.6) is 5.75 Å². The van der Waals surface area contributed by atoms with Gasteiger partial charge in [0.25, 0.3) is 5.56 Å². The molecule has 0 radical (unpaired) electrons. The molecule has 106 valence electrons. The molecule has 20 heavy (non-hydrogen) atoms. The molecule has 8 heteroatoms. The second-order valence-corrected chi connectivity index (χ2v) is 3.82. The fourth-order valence-electron chi connectivity index (χ4n) is 1.61. The van der Waals surface area contributed by atoms with E-state index in [0.29, 0.717) is 0 Å². The SMILES string of the molecule is COc1ccc(F)cc1-c1cc(=O)[nH]c(C(F)(F)F)n1. The molecule has 0 fully saturated rings. The van der Waals surface area contributed by atoms with Crippen molar-refractivity contribution in [2.45, 2.75) is 6.18 Å². The molecule has 1 heterocycles. The van der Waals surface area contributed by atoms with Gasteiger partial charge in [-0.1, -0.05) is 0 Å². The summed E-state index contributed by atoms with van der Waals surface area (Å²) < 4.78 is 55.9. The summed E-state index contributed by atoms with van der Waals surface area (Å²) in [6.45, 7) is 0. The number of benzene rings is 1. The van der Waals surface area contributed by atoms with Crippen molar-refractivity contribution in [2.75, 3.05) is 7.11 Å². The largest absolute Gasteiger partial charge is 0.496 e. The number of nitrogens with zero attached hydrogens (tertiary/aromatic N) is 1. The van der Waals surface area contributed by atoms with E-state index >= 15 is 0 Å². The van der Waals surface area contributed by atoms with Crippen molar-refractivity contribution < 1.29 is 22.3 Å². The zero-order valence-corrected chi connectivity index (χ0v) is 10.1. The van der Waals surface area contributed by atoms with E-state index in [1.807, 2.05) is 0 Å². The fraction of sp³-hybridized carbons (Fsp3) is 0.167. The minimum Gasteiger partial charge on any atom is -0.496 e. The van der Waals surface area contributed by atoms with Gasteiger partial charge in [0, 0.05) is 11.6 Å². The number of halogens is 4. The normalized spacial score (nSPS) is 11.4. The second-order valence-electron chi connectivity index (χ2n) is 3.82. The third-order valence-electron chi connectivity index (χ3n) is 2.45. The van der Waals surface area contributed by atoms with E-state index in [-0.39, 0.29) is 17.0 Å². The summed E-state index contributed by atoms with van der Waals surface area (Å²) in [6.07, 6.45) is -4.81. The maximum absolute atomic E-state index is 13.2. The van der Waals surface area contributed by atoms with Gasteiger partial charge in [-0.15, -0.1) is 0 Å². The third kappa shape index (κ3) is 2.79. The third-order valence-corrected chi connectivity index (χ3v) is 2.45. The lowest BCUT2D eigenvalue weighted by atomic mass is 10.1. The zero-order valence-electron chi connectivity index (χ0n) is 10.1. The number of H-pyrrole nitrogens is 1. The molecule has 0 saturated carbocycles. The van der Waals surface area contributed by atoms with Crippen LogP contribution in [-0.2, 0) is 6.18 Å². The molecule has 1 N–H and O–H groups in total. The zero-order chi connectivity index (χ0) is 14.9. The molecular formula is C12H8F4N2O2. The van der Waals surface area contributed by atoms with Crippen molar-refractivity contribution in [3.05, 3.63) is 46.3 Å². The highest BCUT2D eigenvalue weighted by Crippen LogP contribution is 2.31. The predicted molar refractivity (Wildman–Crippen MR) is 61.8 cm³/mol. The van der Waals surface area contributed by atoms with Gasteiger partial charge in [-0.05, 0) is 18.2 Å². The number of aromatic nitrogens is 2. The Morgan fingerprint density at radius 3 is 2.55 bits per heavy atom. The fourth-order valence-corrected chi connectivity index (χ4v) is 1.61. The van der Waals surface area contributed by atoms with E-state index in [4.69, 9.17) is 4.74 Å². The van der Waals surface area contributed by atoms with E-state index in [1.54, 1.807) is 4.98 Å². The molecule has 0 aliphatic carbocycles. The van der Waals surface area contributed by atoms with Crippen LogP contribution in [0, 0.1) is 5.82 Å². The highest BCUT2D eigenvalue weighted by molar-refractivity contribution is 5.66. The van der Waals surface area contributed by atoms with Gasteiger partial charge in [0.1, 0.15) is 11.6 Å². The van der Waals surface area contributed by atoms with Crippen LogP contribution >= 0.6 is 0 Å². The van der Waals surface area contributed by atoms with E-state index < -0.39 is 23.4 Å². The number of nitrogens with one attached hydrogen (secondary N) is 1. The van der Waals surface area contributed by atoms with Crippen LogP contribution < -0.4 is 10.3 Å². The maximum atomic E-state index is 13.2. The molecule has 0 amide bonds.